The van der Waals surface area contributed by atoms with Crippen LogP contribution in [0.25, 0.3) is 0 Å². The van der Waals surface area contributed by atoms with E-state index in [2.05, 4.69) is 10.2 Å². The summed E-state index contributed by atoms with van der Waals surface area (Å²) in [5.41, 5.74) is 0. The first-order chi connectivity index (χ1) is 9.95. The number of nitrogens with one attached hydrogen (secondary N) is 1. The Hall–Kier alpha value is -1.60. The molecular weight excluding hydrogens is 290 g/mol. The summed E-state index contributed by atoms with van der Waals surface area (Å²) in [6.07, 6.45) is 0.852. The van der Waals surface area contributed by atoms with Crippen LogP contribution in [0, 0.1) is 0 Å². The normalized spacial score (nSPS) is 12.2. The first-order valence-electron chi connectivity index (χ1n) is 6.92. The minimum Gasteiger partial charge on any atom is -0.479 e. The van der Waals surface area contributed by atoms with Crippen LogP contribution in [0.5, 0.6) is 0 Å². The Kier molecular flexibility index (Phi) is 7.18. The zero-order valence-electron chi connectivity index (χ0n) is 12.7. The lowest BCUT2D eigenvalue weighted by Crippen LogP contribution is -2.44. The van der Waals surface area contributed by atoms with Crippen LogP contribution in [0.15, 0.2) is 17.5 Å². The first-order valence-corrected chi connectivity index (χ1v) is 7.80. The van der Waals surface area contributed by atoms with E-state index in [-0.39, 0.29) is 6.03 Å². The number of carbonyl (C=O) groups excluding carboxylic acids is 1. The third-order valence-corrected chi connectivity index (χ3v) is 3.98. The van der Waals surface area contributed by atoms with E-state index in [4.69, 9.17) is 0 Å². The largest absolute Gasteiger partial charge is 0.479 e. The highest BCUT2D eigenvalue weighted by Crippen LogP contribution is 2.19. The predicted molar refractivity (Wildman–Crippen MR) is 83.6 cm³/mol. The molecule has 0 spiro atoms. The minimum atomic E-state index is -1.05. The van der Waals surface area contributed by atoms with Gasteiger partial charge in [-0.25, -0.2) is 9.59 Å². The summed E-state index contributed by atoms with van der Waals surface area (Å²) >= 11 is 1.32. The highest BCUT2D eigenvalue weighted by Gasteiger charge is 2.24. The van der Waals surface area contributed by atoms with E-state index in [9.17, 15) is 14.7 Å². The van der Waals surface area contributed by atoms with Crippen LogP contribution >= 0.6 is 11.3 Å². The zero-order valence-corrected chi connectivity index (χ0v) is 13.5. The topological polar surface area (TPSA) is 72.9 Å². The number of carboxylic acids is 1. The summed E-state index contributed by atoms with van der Waals surface area (Å²) in [7, 11) is 3.96. The maximum absolute atomic E-state index is 12.2. The molecular formula is C14H23N3O3S. The molecule has 1 atom stereocenters. The predicted octanol–water partition coefficient (Wildman–Crippen LogP) is 1.86. The van der Waals surface area contributed by atoms with Crippen molar-refractivity contribution in [1.29, 1.82) is 0 Å². The third kappa shape index (κ3) is 5.73. The Morgan fingerprint density at radius 2 is 2.10 bits per heavy atom. The molecule has 0 saturated heterocycles. The Morgan fingerprint density at radius 3 is 2.57 bits per heavy atom. The van der Waals surface area contributed by atoms with E-state index in [1.54, 1.807) is 22.4 Å². The quantitative estimate of drug-likeness (QED) is 0.768. The van der Waals surface area contributed by atoms with Crippen LogP contribution in [0.1, 0.15) is 24.3 Å². The molecule has 1 aromatic heterocycles. The third-order valence-electron chi connectivity index (χ3n) is 3.04. The molecule has 1 rings (SSSR count). The number of rotatable bonds is 8. The SMILES string of the molecule is CCN(CCCN(C)C)C(=O)NC(C(=O)O)c1cccs1. The van der Waals surface area contributed by atoms with Gasteiger partial charge < -0.3 is 20.2 Å². The zero-order chi connectivity index (χ0) is 15.8. The minimum absolute atomic E-state index is 0.336. The van der Waals surface area contributed by atoms with Crippen molar-refractivity contribution >= 4 is 23.3 Å². The van der Waals surface area contributed by atoms with Gasteiger partial charge in [0.05, 0.1) is 0 Å². The second kappa shape index (κ2) is 8.63. The monoisotopic (exact) mass is 313 g/mol. The number of urea groups is 1. The van der Waals surface area contributed by atoms with Gasteiger partial charge in [-0.2, -0.15) is 0 Å². The van der Waals surface area contributed by atoms with E-state index in [1.165, 1.54) is 11.3 Å². The van der Waals surface area contributed by atoms with Crippen molar-refractivity contribution in [3.8, 4) is 0 Å². The molecule has 0 aliphatic heterocycles. The number of hydrogen-bond donors (Lipinski definition) is 2. The number of carbonyl (C=O) groups is 2. The average molecular weight is 313 g/mol. The standard InChI is InChI=1S/C14H23N3O3S/c1-4-17(9-6-8-16(2)3)14(20)15-12(13(18)19)11-7-5-10-21-11/h5,7,10,12H,4,6,8-9H2,1-3H3,(H,15,20)(H,18,19). The summed E-state index contributed by atoms with van der Waals surface area (Å²) < 4.78 is 0. The van der Waals surface area contributed by atoms with Crippen molar-refractivity contribution in [2.24, 2.45) is 0 Å². The van der Waals surface area contributed by atoms with Gasteiger partial charge in [0.2, 0.25) is 0 Å². The van der Waals surface area contributed by atoms with Gasteiger partial charge in [0.1, 0.15) is 0 Å². The lowest BCUT2D eigenvalue weighted by atomic mass is 10.2. The maximum atomic E-state index is 12.2. The molecule has 2 amide bonds. The molecule has 1 unspecified atom stereocenters. The summed E-state index contributed by atoms with van der Waals surface area (Å²) in [6.45, 7) is 3.93. The summed E-state index contributed by atoms with van der Waals surface area (Å²) in [4.78, 5) is 27.8. The smallest absolute Gasteiger partial charge is 0.331 e. The number of nitrogens with zero attached hydrogens (tertiary/aromatic N) is 2. The van der Waals surface area contributed by atoms with Gasteiger partial charge in [-0.1, -0.05) is 6.07 Å². The number of hydrogen-bond acceptors (Lipinski definition) is 4. The molecule has 0 bridgehead atoms. The van der Waals surface area contributed by atoms with Crippen LogP contribution in [-0.4, -0.2) is 60.6 Å². The first kappa shape index (κ1) is 17.5. The molecule has 0 radical (unpaired) electrons. The van der Waals surface area contributed by atoms with Crippen molar-refractivity contribution in [2.75, 3.05) is 33.7 Å². The van der Waals surface area contributed by atoms with Crippen LogP contribution in [0.3, 0.4) is 0 Å². The van der Waals surface area contributed by atoms with E-state index < -0.39 is 12.0 Å². The number of thiophene rings is 1. The molecule has 0 saturated carbocycles. The molecule has 21 heavy (non-hydrogen) atoms. The fraction of sp³-hybridized carbons (Fsp3) is 0.571. The lowest BCUT2D eigenvalue weighted by molar-refractivity contribution is -0.139. The van der Waals surface area contributed by atoms with Gasteiger partial charge in [-0.15, -0.1) is 11.3 Å². The fourth-order valence-corrected chi connectivity index (χ4v) is 2.67. The van der Waals surface area contributed by atoms with Gasteiger partial charge in [0, 0.05) is 18.0 Å². The maximum Gasteiger partial charge on any atom is 0.331 e. The van der Waals surface area contributed by atoms with Crippen LogP contribution in [0.4, 0.5) is 4.79 Å². The second-order valence-corrected chi connectivity index (χ2v) is 5.95. The van der Waals surface area contributed by atoms with Crippen molar-refractivity contribution in [1.82, 2.24) is 15.1 Å². The molecule has 1 heterocycles. The Labute approximate surface area is 129 Å². The Balaban J connectivity index is 2.60. The van der Waals surface area contributed by atoms with Gasteiger partial charge in [0.25, 0.3) is 0 Å². The van der Waals surface area contributed by atoms with E-state index in [1.807, 2.05) is 21.0 Å². The molecule has 1 aromatic rings. The highest BCUT2D eigenvalue weighted by molar-refractivity contribution is 7.10. The fourth-order valence-electron chi connectivity index (χ4n) is 1.91. The van der Waals surface area contributed by atoms with Crippen molar-refractivity contribution in [3.63, 3.8) is 0 Å². The Morgan fingerprint density at radius 1 is 1.38 bits per heavy atom. The number of carboxylic acid groups (broad SMARTS) is 1. The molecule has 0 fully saturated rings. The molecule has 118 valence electrons. The Bertz CT molecular complexity index is 448. The molecule has 0 aliphatic carbocycles. The molecule has 6 nitrogen and oxygen atoms in total. The summed E-state index contributed by atoms with van der Waals surface area (Å²) in [5.74, 6) is -1.05. The van der Waals surface area contributed by atoms with Gasteiger partial charge in [0.15, 0.2) is 6.04 Å². The molecule has 0 aromatic carbocycles. The van der Waals surface area contributed by atoms with Crippen LogP contribution < -0.4 is 5.32 Å². The highest BCUT2D eigenvalue weighted by atomic mass is 32.1. The second-order valence-electron chi connectivity index (χ2n) is 4.97. The summed E-state index contributed by atoms with van der Waals surface area (Å²) in [6, 6.07) is 2.17. The lowest BCUT2D eigenvalue weighted by Gasteiger charge is -2.24. The van der Waals surface area contributed by atoms with E-state index in [0.29, 0.717) is 18.0 Å². The van der Waals surface area contributed by atoms with E-state index >= 15 is 0 Å². The van der Waals surface area contributed by atoms with Gasteiger partial charge in [-0.3, -0.25) is 0 Å². The molecule has 7 heteroatoms. The van der Waals surface area contributed by atoms with Crippen LogP contribution in [-0.2, 0) is 4.79 Å². The van der Waals surface area contributed by atoms with Crippen molar-refractivity contribution in [2.45, 2.75) is 19.4 Å². The number of aliphatic carboxylic acids is 1. The van der Waals surface area contributed by atoms with Gasteiger partial charge >= 0.3 is 12.0 Å². The van der Waals surface area contributed by atoms with Crippen LogP contribution in [0.2, 0.25) is 0 Å². The van der Waals surface area contributed by atoms with Gasteiger partial charge in [-0.05, 0) is 45.4 Å². The molecule has 0 aliphatic rings. The van der Waals surface area contributed by atoms with Crippen molar-refractivity contribution < 1.29 is 14.7 Å². The van der Waals surface area contributed by atoms with E-state index in [0.717, 1.165) is 13.0 Å². The van der Waals surface area contributed by atoms with Crippen molar-refractivity contribution in [3.05, 3.63) is 22.4 Å². The number of amides is 2. The summed E-state index contributed by atoms with van der Waals surface area (Å²) in [5, 5.41) is 13.7. The molecule has 2 N–H and O–H groups in total. The average Bonchev–Trinajstić information content (AvgIpc) is 2.93.